The number of nitrogens with zero attached hydrogens (tertiary/aromatic N) is 1. The molecule has 16 heavy (non-hydrogen) atoms. The quantitative estimate of drug-likeness (QED) is 0.767. The Kier molecular flexibility index (Phi) is 2.75. The molecule has 1 heterocycles. The Balaban J connectivity index is 2.45. The molecule has 0 fully saturated rings. The lowest BCUT2D eigenvalue weighted by Gasteiger charge is -2.35. The maximum absolute atomic E-state index is 11.4. The standard InChI is InChI=1S/C11H11ClN2O2/c12-14-7-6-13-11(8-14,10(15)16)9-4-2-1-3-5-9/h1-7,13H,8H2,(H,15,16). The molecular formula is C11H11ClN2O2. The third-order valence-electron chi connectivity index (χ3n) is 2.59. The van der Waals surface area contributed by atoms with Gasteiger partial charge in [-0.2, -0.15) is 0 Å². The molecule has 0 saturated carbocycles. The minimum absolute atomic E-state index is 0.171. The minimum Gasteiger partial charge on any atom is -0.479 e. The van der Waals surface area contributed by atoms with Gasteiger partial charge in [-0.1, -0.05) is 30.3 Å². The zero-order valence-corrected chi connectivity index (χ0v) is 9.19. The number of carboxylic acids is 1. The third kappa shape index (κ3) is 1.72. The molecule has 1 aliphatic heterocycles. The van der Waals surface area contributed by atoms with Gasteiger partial charge >= 0.3 is 5.97 Å². The van der Waals surface area contributed by atoms with Gasteiger partial charge in [0.15, 0.2) is 5.54 Å². The predicted octanol–water partition coefficient (Wildman–Crippen LogP) is 1.50. The zero-order valence-electron chi connectivity index (χ0n) is 8.43. The summed E-state index contributed by atoms with van der Waals surface area (Å²) in [4.78, 5) is 11.4. The molecule has 0 amide bonds. The minimum atomic E-state index is -1.18. The van der Waals surface area contributed by atoms with Gasteiger partial charge in [-0.3, -0.25) is 4.42 Å². The van der Waals surface area contributed by atoms with Crippen molar-refractivity contribution < 1.29 is 9.90 Å². The molecule has 0 bridgehead atoms. The topological polar surface area (TPSA) is 52.6 Å². The number of hydrogen-bond acceptors (Lipinski definition) is 3. The van der Waals surface area contributed by atoms with E-state index in [1.54, 1.807) is 30.5 Å². The Morgan fingerprint density at radius 2 is 2.12 bits per heavy atom. The van der Waals surface area contributed by atoms with Gasteiger partial charge in [0.2, 0.25) is 0 Å². The molecule has 1 unspecified atom stereocenters. The van der Waals surface area contributed by atoms with Crippen LogP contribution in [-0.2, 0) is 10.3 Å². The molecule has 2 rings (SSSR count). The third-order valence-corrected chi connectivity index (χ3v) is 2.82. The van der Waals surface area contributed by atoms with E-state index in [1.807, 2.05) is 6.07 Å². The van der Waals surface area contributed by atoms with Gasteiger partial charge in [0.25, 0.3) is 0 Å². The summed E-state index contributed by atoms with van der Waals surface area (Å²) in [6.45, 7) is 0.171. The Bertz CT molecular complexity index is 421. The van der Waals surface area contributed by atoms with Crippen LogP contribution in [0.1, 0.15) is 5.56 Å². The summed E-state index contributed by atoms with van der Waals surface area (Å²) in [5, 5.41) is 12.3. The van der Waals surface area contributed by atoms with Crippen molar-refractivity contribution in [2.24, 2.45) is 0 Å². The number of carbonyl (C=O) groups is 1. The van der Waals surface area contributed by atoms with Crippen LogP contribution in [0.3, 0.4) is 0 Å². The average Bonchev–Trinajstić information content (AvgIpc) is 2.30. The maximum Gasteiger partial charge on any atom is 0.335 e. The Labute approximate surface area is 98.2 Å². The second-order valence-electron chi connectivity index (χ2n) is 3.59. The molecule has 0 aliphatic carbocycles. The predicted molar refractivity (Wildman–Crippen MR) is 60.6 cm³/mol. The van der Waals surface area contributed by atoms with Gasteiger partial charge < -0.3 is 10.4 Å². The second kappa shape index (κ2) is 4.06. The normalized spacial score (nSPS) is 23.9. The van der Waals surface area contributed by atoms with Crippen molar-refractivity contribution in [3.05, 3.63) is 48.3 Å². The molecule has 0 radical (unpaired) electrons. The van der Waals surface area contributed by atoms with Crippen LogP contribution >= 0.6 is 11.8 Å². The maximum atomic E-state index is 11.4. The lowest BCUT2D eigenvalue weighted by Crippen LogP contribution is -2.54. The molecule has 1 aromatic rings. The van der Waals surface area contributed by atoms with Crippen LogP contribution in [0, 0.1) is 0 Å². The van der Waals surface area contributed by atoms with E-state index in [1.165, 1.54) is 10.6 Å². The fraction of sp³-hybridized carbons (Fsp3) is 0.182. The van der Waals surface area contributed by atoms with Crippen molar-refractivity contribution in [3.8, 4) is 0 Å². The average molecular weight is 239 g/mol. The van der Waals surface area contributed by atoms with Gasteiger partial charge in [-0.25, -0.2) is 4.79 Å². The fourth-order valence-electron chi connectivity index (χ4n) is 1.74. The summed E-state index contributed by atoms with van der Waals surface area (Å²) in [6, 6.07) is 8.99. The van der Waals surface area contributed by atoms with E-state index in [0.717, 1.165) is 0 Å². The van der Waals surface area contributed by atoms with Crippen molar-refractivity contribution in [1.29, 1.82) is 0 Å². The van der Waals surface area contributed by atoms with E-state index in [2.05, 4.69) is 5.32 Å². The van der Waals surface area contributed by atoms with E-state index in [9.17, 15) is 9.90 Å². The van der Waals surface area contributed by atoms with E-state index < -0.39 is 11.5 Å². The van der Waals surface area contributed by atoms with Crippen molar-refractivity contribution in [2.75, 3.05) is 6.54 Å². The van der Waals surface area contributed by atoms with E-state index in [0.29, 0.717) is 5.56 Å². The fourth-order valence-corrected chi connectivity index (χ4v) is 1.97. The zero-order chi connectivity index (χ0) is 11.6. The number of benzene rings is 1. The first-order valence-electron chi connectivity index (χ1n) is 4.81. The first-order chi connectivity index (χ1) is 7.65. The highest BCUT2D eigenvalue weighted by Crippen LogP contribution is 2.26. The van der Waals surface area contributed by atoms with Crippen LogP contribution < -0.4 is 5.32 Å². The summed E-state index contributed by atoms with van der Waals surface area (Å²) in [7, 11) is 0. The van der Waals surface area contributed by atoms with Gasteiger partial charge in [-0.15, -0.1) is 0 Å². The highest BCUT2D eigenvalue weighted by molar-refractivity contribution is 6.14. The van der Waals surface area contributed by atoms with Crippen LogP contribution in [0.4, 0.5) is 0 Å². The number of rotatable bonds is 2. The van der Waals surface area contributed by atoms with Crippen molar-refractivity contribution in [1.82, 2.24) is 9.74 Å². The number of hydrogen-bond donors (Lipinski definition) is 2. The number of nitrogens with one attached hydrogen (secondary N) is 1. The summed E-state index contributed by atoms with van der Waals surface area (Å²) in [5.74, 6) is -0.950. The first-order valence-corrected chi connectivity index (χ1v) is 5.15. The molecule has 5 heteroatoms. The van der Waals surface area contributed by atoms with E-state index in [4.69, 9.17) is 11.8 Å². The first kappa shape index (κ1) is 10.8. The Morgan fingerprint density at radius 1 is 1.44 bits per heavy atom. The van der Waals surface area contributed by atoms with Crippen LogP contribution in [0.25, 0.3) is 0 Å². The second-order valence-corrected chi connectivity index (χ2v) is 4.03. The Hall–Kier alpha value is -1.68. The van der Waals surface area contributed by atoms with Crippen molar-refractivity contribution >= 4 is 17.7 Å². The lowest BCUT2D eigenvalue weighted by atomic mass is 9.89. The van der Waals surface area contributed by atoms with Crippen LogP contribution in [0.15, 0.2) is 42.7 Å². The van der Waals surface area contributed by atoms with Crippen LogP contribution in [0.5, 0.6) is 0 Å². The molecule has 1 aromatic carbocycles. The highest BCUT2D eigenvalue weighted by atomic mass is 35.5. The molecule has 4 nitrogen and oxygen atoms in total. The molecule has 1 aliphatic rings. The van der Waals surface area contributed by atoms with Gasteiger partial charge in [0.05, 0.1) is 6.54 Å². The molecule has 0 saturated heterocycles. The molecule has 0 aromatic heterocycles. The van der Waals surface area contributed by atoms with Crippen LogP contribution in [-0.4, -0.2) is 22.0 Å². The van der Waals surface area contributed by atoms with Crippen molar-refractivity contribution in [2.45, 2.75) is 5.54 Å². The number of halogens is 1. The van der Waals surface area contributed by atoms with E-state index in [-0.39, 0.29) is 6.54 Å². The van der Waals surface area contributed by atoms with Gasteiger partial charge in [-0.05, 0) is 5.56 Å². The monoisotopic (exact) mass is 238 g/mol. The summed E-state index contributed by atoms with van der Waals surface area (Å²) in [5.41, 5.74) is -0.505. The van der Waals surface area contributed by atoms with Crippen LogP contribution in [0.2, 0.25) is 0 Å². The SMILES string of the molecule is O=C(O)C1(c2ccccc2)CN(Cl)C=CN1. The Morgan fingerprint density at radius 3 is 2.69 bits per heavy atom. The molecule has 0 spiro atoms. The van der Waals surface area contributed by atoms with Gasteiger partial charge in [0, 0.05) is 24.2 Å². The van der Waals surface area contributed by atoms with Gasteiger partial charge in [0.1, 0.15) is 0 Å². The highest BCUT2D eigenvalue weighted by Gasteiger charge is 2.42. The molecule has 2 N–H and O–H groups in total. The smallest absolute Gasteiger partial charge is 0.335 e. The summed E-state index contributed by atoms with van der Waals surface area (Å²) >= 11 is 5.84. The summed E-state index contributed by atoms with van der Waals surface area (Å²) in [6.07, 6.45) is 3.13. The lowest BCUT2D eigenvalue weighted by molar-refractivity contribution is -0.145. The molecule has 84 valence electrons. The van der Waals surface area contributed by atoms with E-state index >= 15 is 0 Å². The number of aliphatic carboxylic acids is 1. The molecular weight excluding hydrogens is 228 g/mol. The number of carboxylic acid groups (broad SMARTS) is 1. The largest absolute Gasteiger partial charge is 0.479 e. The van der Waals surface area contributed by atoms with Crippen molar-refractivity contribution in [3.63, 3.8) is 0 Å². The molecule has 1 atom stereocenters. The summed E-state index contributed by atoms with van der Waals surface area (Å²) < 4.78 is 1.33.